The third-order valence-corrected chi connectivity index (χ3v) is 3.62. The first-order valence-corrected chi connectivity index (χ1v) is 6.69. The van der Waals surface area contributed by atoms with Gasteiger partial charge in [0.25, 0.3) is 0 Å². The molecule has 0 radical (unpaired) electrons. The molecule has 0 aliphatic carbocycles. The fourth-order valence-electron chi connectivity index (χ4n) is 1.94. The van der Waals surface area contributed by atoms with Crippen molar-refractivity contribution >= 4 is 34.8 Å². The monoisotopic (exact) mass is 338 g/mol. The summed E-state index contributed by atoms with van der Waals surface area (Å²) in [6.07, 6.45) is -4.47. The Labute approximate surface area is 129 Å². The molecule has 0 aliphatic rings. The topological polar surface area (TPSA) is 0 Å². The van der Waals surface area contributed by atoms with Crippen LogP contribution in [-0.4, -0.2) is 6.18 Å². The number of halogens is 6. The average Bonchev–Trinajstić information content (AvgIpc) is 2.33. The summed E-state index contributed by atoms with van der Waals surface area (Å²) >= 11 is 17.3. The van der Waals surface area contributed by atoms with E-state index >= 15 is 0 Å². The number of benzene rings is 2. The van der Waals surface area contributed by atoms with Crippen LogP contribution in [-0.2, 0) is 0 Å². The van der Waals surface area contributed by atoms with Crippen LogP contribution in [0.15, 0.2) is 42.5 Å². The molecule has 0 N–H and O–H groups in total. The van der Waals surface area contributed by atoms with E-state index in [1.54, 1.807) is 0 Å². The van der Waals surface area contributed by atoms with Gasteiger partial charge >= 0.3 is 6.18 Å². The zero-order valence-corrected chi connectivity index (χ0v) is 12.2. The van der Waals surface area contributed by atoms with Gasteiger partial charge in [0.05, 0.1) is 0 Å². The molecule has 106 valence electrons. The van der Waals surface area contributed by atoms with E-state index in [9.17, 15) is 13.2 Å². The van der Waals surface area contributed by atoms with Crippen molar-refractivity contribution in [3.8, 4) is 0 Å². The Bertz CT molecular complexity index is 606. The summed E-state index contributed by atoms with van der Waals surface area (Å²) in [5, 5.41) is 0.641. The molecular weight excluding hydrogens is 332 g/mol. The zero-order chi connectivity index (χ0) is 14.9. The van der Waals surface area contributed by atoms with E-state index in [1.165, 1.54) is 42.5 Å². The maximum Gasteiger partial charge on any atom is 0.399 e. The van der Waals surface area contributed by atoms with Gasteiger partial charge in [-0.25, -0.2) is 0 Å². The molecule has 0 nitrogen and oxygen atoms in total. The predicted octanol–water partition coefficient (Wildman–Crippen LogP) is 6.34. The molecule has 2 rings (SSSR count). The molecule has 20 heavy (non-hydrogen) atoms. The van der Waals surface area contributed by atoms with E-state index < -0.39 is 12.1 Å². The molecule has 0 aromatic heterocycles. The molecule has 0 saturated carbocycles. The molecular formula is C14H8Cl3F3. The Morgan fingerprint density at radius 1 is 0.800 bits per heavy atom. The van der Waals surface area contributed by atoms with Crippen molar-refractivity contribution in [1.29, 1.82) is 0 Å². The van der Waals surface area contributed by atoms with Crippen molar-refractivity contribution in [2.24, 2.45) is 0 Å². The Hall–Kier alpha value is -0.900. The van der Waals surface area contributed by atoms with Gasteiger partial charge < -0.3 is 0 Å². The summed E-state index contributed by atoms with van der Waals surface area (Å²) in [6.45, 7) is 0. The lowest BCUT2D eigenvalue weighted by Crippen LogP contribution is -2.22. The first-order chi connectivity index (χ1) is 9.29. The smallest absolute Gasteiger partial charge is 0.170 e. The van der Waals surface area contributed by atoms with Crippen LogP contribution >= 0.6 is 34.8 Å². The van der Waals surface area contributed by atoms with E-state index in [4.69, 9.17) is 34.8 Å². The summed E-state index contributed by atoms with van der Waals surface area (Å²) in [4.78, 5) is 0. The highest BCUT2D eigenvalue weighted by Crippen LogP contribution is 2.43. The fourth-order valence-corrected chi connectivity index (χ4v) is 2.58. The standard InChI is InChI=1S/C14H8Cl3F3/c15-9-3-1-8(2-4-9)13(14(18,19)20)11-6-5-10(16)7-12(11)17/h1-7,13H. The first-order valence-electron chi connectivity index (χ1n) is 5.56. The largest absolute Gasteiger partial charge is 0.399 e. The van der Waals surface area contributed by atoms with Crippen LogP contribution in [0.25, 0.3) is 0 Å². The Morgan fingerprint density at radius 2 is 1.35 bits per heavy atom. The molecule has 0 saturated heterocycles. The highest BCUT2D eigenvalue weighted by Gasteiger charge is 2.42. The SMILES string of the molecule is FC(F)(F)C(c1ccc(Cl)cc1)c1ccc(Cl)cc1Cl. The molecule has 0 bridgehead atoms. The summed E-state index contributed by atoms with van der Waals surface area (Å²) in [5.74, 6) is -1.82. The van der Waals surface area contributed by atoms with E-state index in [1.807, 2.05) is 0 Å². The normalized spacial score (nSPS) is 13.3. The van der Waals surface area contributed by atoms with Gasteiger partial charge in [-0.1, -0.05) is 53.0 Å². The molecule has 2 aromatic carbocycles. The molecule has 0 fully saturated rings. The number of rotatable bonds is 2. The summed E-state index contributed by atoms with van der Waals surface area (Å²) < 4.78 is 40.0. The summed E-state index contributed by atoms with van der Waals surface area (Å²) in [6, 6.07) is 9.48. The van der Waals surface area contributed by atoms with Gasteiger partial charge in [-0.15, -0.1) is 0 Å². The summed E-state index contributed by atoms with van der Waals surface area (Å²) in [7, 11) is 0. The number of alkyl halides is 3. The highest BCUT2D eigenvalue weighted by molar-refractivity contribution is 6.35. The third kappa shape index (κ3) is 3.40. The Morgan fingerprint density at radius 3 is 1.85 bits per heavy atom. The molecule has 2 aromatic rings. The third-order valence-electron chi connectivity index (χ3n) is 2.80. The van der Waals surface area contributed by atoms with Crippen molar-refractivity contribution in [3.05, 3.63) is 68.7 Å². The molecule has 1 atom stereocenters. The van der Waals surface area contributed by atoms with Gasteiger partial charge in [-0.3, -0.25) is 0 Å². The van der Waals surface area contributed by atoms with Crippen molar-refractivity contribution in [2.75, 3.05) is 0 Å². The van der Waals surface area contributed by atoms with E-state index in [2.05, 4.69) is 0 Å². The van der Waals surface area contributed by atoms with Crippen LogP contribution in [0.5, 0.6) is 0 Å². The zero-order valence-electron chi connectivity index (χ0n) is 9.89. The van der Waals surface area contributed by atoms with Crippen molar-refractivity contribution in [1.82, 2.24) is 0 Å². The summed E-state index contributed by atoms with van der Waals surface area (Å²) in [5.41, 5.74) is 0.0389. The van der Waals surface area contributed by atoms with E-state index in [0.717, 1.165) is 0 Å². The molecule has 0 aliphatic heterocycles. The minimum absolute atomic E-state index is 0.0187. The lowest BCUT2D eigenvalue weighted by Gasteiger charge is -2.22. The van der Waals surface area contributed by atoms with Crippen LogP contribution in [0.3, 0.4) is 0 Å². The highest BCUT2D eigenvalue weighted by atomic mass is 35.5. The quantitative estimate of drug-likeness (QED) is 0.599. The van der Waals surface area contributed by atoms with Gasteiger partial charge in [0.15, 0.2) is 0 Å². The van der Waals surface area contributed by atoms with E-state index in [-0.39, 0.29) is 21.2 Å². The van der Waals surface area contributed by atoms with Gasteiger partial charge in [0.2, 0.25) is 0 Å². The number of hydrogen-bond donors (Lipinski definition) is 0. The van der Waals surface area contributed by atoms with Crippen LogP contribution in [0.1, 0.15) is 17.0 Å². The fraction of sp³-hybridized carbons (Fsp3) is 0.143. The van der Waals surface area contributed by atoms with Gasteiger partial charge in [0, 0.05) is 15.1 Å². The average molecular weight is 340 g/mol. The van der Waals surface area contributed by atoms with Crippen molar-refractivity contribution < 1.29 is 13.2 Å². The molecule has 0 amide bonds. The Kier molecular flexibility index (Phi) is 4.52. The lowest BCUT2D eigenvalue weighted by molar-refractivity contribution is -0.141. The maximum absolute atomic E-state index is 13.3. The molecule has 0 heterocycles. The molecule has 0 spiro atoms. The van der Waals surface area contributed by atoms with Gasteiger partial charge in [-0.2, -0.15) is 13.2 Å². The predicted molar refractivity (Wildman–Crippen MR) is 75.8 cm³/mol. The first kappa shape index (κ1) is 15.5. The lowest BCUT2D eigenvalue weighted by atomic mass is 9.91. The second-order valence-corrected chi connectivity index (χ2v) is 5.47. The maximum atomic E-state index is 13.3. The minimum Gasteiger partial charge on any atom is -0.170 e. The molecule has 6 heteroatoms. The second-order valence-electron chi connectivity index (χ2n) is 4.19. The Balaban J connectivity index is 2.56. The van der Waals surface area contributed by atoms with Crippen LogP contribution < -0.4 is 0 Å². The second kappa shape index (κ2) is 5.84. The minimum atomic E-state index is -4.47. The number of hydrogen-bond acceptors (Lipinski definition) is 0. The van der Waals surface area contributed by atoms with Crippen LogP contribution in [0.2, 0.25) is 15.1 Å². The van der Waals surface area contributed by atoms with Crippen molar-refractivity contribution in [3.63, 3.8) is 0 Å². The van der Waals surface area contributed by atoms with E-state index in [0.29, 0.717) is 5.02 Å². The van der Waals surface area contributed by atoms with Crippen molar-refractivity contribution in [2.45, 2.75) is 12.1 Å². The van der Waals surface area contributed by atoms with Gasteiger partial charge in [0.1, 0.15) is 5.92 Å². The van der Waals surface area contributed by atoms with Crippen LogP contribution in [0, 0.1) is 0 Å². The molecule has 1 unspecified atom stereocenters. The van der Waals surface area contributed by atoms with Crippen LogP contribution in [0.4, 0.5) is 13.2 Å². The van der Waals surface area contributed by atoms with Gasteiger partial charge in [-0.05, 0) is 35.4 Å².